The molecule has 0 unspecified atom stereocenters. The maximum absolute atomic E-state index is 5.56. The zero-order valence-electron chi connectivity index (χ0n) is 7.91. The van der Waals surface area contributed by atoms with Gasteiger partial charge in [-0.05, 0) is 18.9 Å². The third-order valence-electron chi connectivity index (χ3n) is 1.75. The third-order valence-corrected chi connectivity index (χ3v) is 1.97. The molecule has 0 saturated heterocycles. The fraction of sp³-hybridized carbons (Fsp3) is 0.500. The molecule has 0 aliphatic rings. The van der Waals surface area contributed by atoms with Crippen molar-refractivity contribution in [3.63, 3.8) is 0 Å². The van der Waals surface area contributed by atoms with Crippen molar-refractivity contribution in [3.05, 3.63) is 24.3 Å². The van der Waals surface area contributed by atoms with Crippen LogP contribution >= 0.6 is 11.6 Å². The predicted molar refractivity (Wildman–Crippen MR) is 56.9 cm³/mol. The van der Waals surface area contributed by atoms with Crippen molar-refractivity contribution >= 4 is 17.7 Å². The number of rotatable bonds is 5. The summed E-state index contributed by atoms with van der Waals surface area (Å²) in [6.45, 7) is 3.19. The van der Waals surface area contributed by atoms with E-state index in [1.54, 1.807) is 0 Å². The largest absolute Gasteiger partial charge is 0.332 e. The van der Waals surface area contributed by atoms with Crippen LogP contribution in [-0.4, -0.2) is 15.4 Å². The Morgan fingerprint density at radius 3 is 3.15 bits per heavy atom. The van der Waals surface area contributed by atoms with Crippen LogP contribution in [-0.2, 0) is 6.54 Å². The standard InChI is InChI=1S/C10H15ClN2/c1-2-8-13-9-7-12-10(13)5-3-4-6-11/h3,5,7,9H,2,4,6,8H2,1H3. The topological polar surface area (TPSA) is 17.8 Å². The highest BCUT2D eigenvalue weighted by molar-refractivity contribution is 6.17. The molecule has 1 aromatic heterocycles. The van der Waals surface area contributed by atoms with Gasteiger partial charge < -0.3 is 4.57 Å². The Kier molecular flexibility index (Phi) is 4.61. The first-order valence-electron chi connectivity index (χ1n) is 4.62. The summed E-state index contributed by atoms with van der Waals surface area (Å²) in [5.41, 5.74) is 0. The van der Waals surface area contributed by atoms with E-state index >= 15 is 0 Å². The Balaban J connectivity index is 2.59. The molecule has 0 radical (unpaired) electrons. The van der Waals surface area contributed by atoms with Crippen LogP contribution in [0.5, 0.6) is 0 Å². The SMILES string of the molecule is CCCn1ccnc1C=CCCCl. The molecule has 1 aromatic rings. The Labute approximate surface area is 84.2 Å². The van der Waals surface area contributed by atoms with E-state index in [0.717, 1.165) is 25.2 Å². The number of hydrogen-bond donors (Lipinski definition) is 0. The van der Waals surface area contributed by atoms with E-state index in [1.165, 1.54) is 0 Å². The molecule has 0 N–H and O–H groups in total. The van der Waals surface area contributed by atoms with Gasteiger partial charge in [-0.15, -0.1) is 11.6 Å². The average Bonchev–Trinajstić information content (AvgIpc) is 2.54. The molecule has 1 heterocycles. The molecule has 0 bridgehead atoms. The van der Waals surface area contributed by atoms with Gasteiger partial charge in [0, 0.05) is 24.8 Å². The first-order chi connectivity index (χ1) is 6.38. The van der Waals surface area contributed by atoms with Gasteiger partial charge in [0.25, 0.3) is 0 Å². The lowest BCUT2D eigenvalue weighted by Crippen LogP contribution is -1.97. The summed E-state index contributed by atoms with van der Waals surface area (Å²) in [7, 11) is 0. The van der Waals surface area contributed by atoms with Crippen molar-refractivity contribution in [1.82, 2.24) is 9.55 Å². The van der Waals surface area contributed by atoms with Gasteiger partial charge in [0.05, 0.1) is 0 Å². The summed E-state index contributed by atoms with van der Waals surface area (Å²) in [5.74, 6) is 1.69. The summed E-state index contributed by atoms with van der Waals surface area (Å²) < 4.78 is 2.14. The monoisotopic (exact) mass is 198 g/mol. The Hall–Kier alpha value is -0.760. The summed E-state index contributed by atoms with van der Waals surface area (Å²) in [5, 5.41) is 0. The van der Waals surface area contributed by atoms with E-state index in [4.69, 9.17) is 11.6 Å². The molecule has 0 aliphatic carbocycles. The lowest BCUT2D eigenvalue weighted by Gasteiger charge is -2.00. The van der Waals surface area contributed by atoms with Crippen LogP contribution in [0.2, 0.25) is 0 Å². The van der Waals surface area contributed by atoms with E-state index < -0.39 is 0 Å². The number of hydrogen-bond acceptors (Lipinski definition) is 1. The molecule has 0 aliphatic heterocycles. The van der Waals surface area contributed by atoms with Gasteiger partial charge in [0.1, 0.15) is 5.82 Å². The normalized spacial score (nSPS) is 11.2. The maximum Gasteiger partial charge on any atom is 0.132 e. The number of aryl methyl sites for hydroxylation is 1. The second kappa shape index (κ2) is 5.81. The van der Waals surface area contributed by atoms with Gasteiger partial charge in [-0.3, -0.25) is 0 Å². The Bertz CT molecular complexity index is 266. The lowest BCUT2D eigenvalue weighted by atomic mass is 10.4. The van der Waals surface area contributed by atoms with Gasteiger partial charge in [0.15, 0.2) is 0 Å². The highest BCUT2D eigenvalue weighted by Gasteiger charge is 1.95. The van der Waals surface area contributed by atoms with Crippen molar-refractivity contribution in [2.24, 2.45) is 0 Å². The van der Waals surface area contributed by atoms with Crippen LogP contribution < -0.4 is 0 Å². The van der Waals surface area contributed by atoms with Crippen LogP contribution in [0.1, 0.15) is 25.6 Å². The van der Waals surface area contributed by atoms with Crippen molar-refractivity contribution in [1.29, 1.82) is 0 Å². The van der Waals surface area contributed by atoms with E-state index in [0.29, 0.717) is 5.88 Å². The summed E-state index contributed by atoms with van der Waals surface area (Å²) >= 11 is 5.56. The molecule has 0 fully saturated rings. The zero-order valence-corrected chi connectivity index (χ0v) is 8.67. The molecule has 0 saturated carbocycles. The minimum Gasteiger partial charge on any atom is -0.332 e. The number of nitrogens with zero attached hydrogens (tertiary/aromatic N) is 2. The molecular weight excluding hydrogens is 184 g/mol. The van der Waals surface area contributed by atoms with Crippen LogP contribution in [0, 0.1) is 0 Å². The highest BCUT2D eigenvalue weighted by atomic mass is 35.5. The first-order valence-corrected chi connectivity index (χ1v) is 5.15. The van der Waals surface area contributed by atoms with Gasteiger partial charge in [-0.25, -0.2) is 4.98 Å². The van der Waals surface area contributed by atoms with Crippen LogP contribution in [0.25, 0.3) is 6.08 Å². The summed E-state index contributed by atoms with van der Waals surface area (Å²) in [4.78, 5) is 4.24. The van der Waals surface area contributed by atoms with Crippen LogP contribution in [0.3, 0.4) is 0 Å². The van der Waals surface area contributed by atoms with Crippen LogP contribution in [0.4, 0.5) is 0 Å². The minimum absolute atomic E-state index is 0.672. The number of imidazole rings is 1. The second-order valence-electron chi connectivity index (χ2n) is 2.86. The quantitative estimate of drug-likeness (QED) is 0.666. The van der Waals surface area contributed by atoms with Gasteiger partial charge in [-0.2, -0.15) is 0 Å². The van der Waals surface area contributed by atoms with E-state index in [-0.39, 0.29) is 0 Å². The van der Waals surface area contributed by atoms with Crippen molar-refractivity contribution in [2.75, 3.05) is 5.88 Å². The van der Waals surface area contributed by atoms with Gasteiger partial charge >= 0.3 is 0 Å². The maximum atomic E-state index is 5.56. The smallest absolute Gasteiger partial charge is 0.132 e. The second-order valence-corrected chi connectivity index (χ2v) is 3.24. The molecular formula is C10H15ClN2. The van der Waals surface area contributed by atoms with E-state index in [1.807, 2.05) is 18.5 Å². The minimum atomic E-state index is 0.672. The lowest BCUT2D eigenvalue weighted by molar-refractivity contribution is 0.672. The first kappa shape index (κ1) is 10.3. The molecule has 0 amide bonds. The molecule has 0 aromatic carbocycles. The van der Waals surface area contributed by atoms with Crippen molar-refractivity contribution in [3.8, 4) is 0 Å². The van der Waals surface area contributed by atoms with Gasteiger partial charge in [-0.1, -0.05) is 13.0 Å². The molecule has 0 atom stereocenters. The highest BCUT2D eigenvalue weighted by Crippen LogP contribution is 2.02. The van der Waals surface area contributed by atoms with Crippen molar-refractivity contribution in [2.45, 2.75) is 26.3 Å². The number of allylic oxidation sites excluding steroid dienone is 1. The van der Waals surface area contributed by atoms with E-state index in [2.05, 4.69) is 22.6 Å². The number of aromatic nitrogens is 2. The van der Waals surface area contributed by atoms with Gasteiger partial charge in [0.2, 0.25) is 0 Å². The Morgan fingerprint density at radius 1 is 1.62 bits per heavy atom. The molecule has 13 heavy (non-hydrogen) atoms. The predicted octanol–water partition coefficient (Wildman–Crippen LogP) is 2.94. The zero-order chi connectivity index (χ0) is 9.52. The molecule has 3 heteroatoms. The summed E-state index contributed by atoms with van der Waals surface area (Å²) in [6.07, 6.45) is 9.95. The number of alkyl halides is 1. The average molecular weight is 199 g/mol. The third kappa shape index (κ3) is 3.23. The molecule has 2 nitrogen and oxygen atoms in total. The fourth-order valence-corrected chi connectivity index (χ4v) is 1.29. The summed E-state index contributed by atoms with van der Waals surface area (Å²) in [6, 6.07) is 0. The van der Waals surface area contributed by atoms with Crippen molar-refractivity contribution < 1.29 is 0 Å². The molecule has 72 valence electrons. The molecule has 1 rings (SSSR count). The fourth-order valence-electron chi connectivity index (χ4n) is 1.16. The van der Waals surface area contributed by atoms with E-state index in [9.17, 15) is 0 Å². The molecule has 0 spiro atoms. The Morgan fingerprint density at radius 2 is 2.46 bits per heavy atom. The van der Waals surface area contributed by atoms with Crippen LogP contribution in [0.15, 0.2) is 18.5 Å². The number of halogens is 1.